The molecular formula is C12H16O5S. The molecule has 5 nitrogen and oxygen atoms in total. The summed E-state index contributed by atoms with van der Waals surface area (Å²) in [4.78, 5) is 0.0991. The highest BCUT2D eigenvalue weighted by Gasteiger charge is 2.37. The Balaban J connectivity index is 2.41. The van der Waals surface area contributed by atoms with E-state index in [2.05, 4.69) is 0 Å². The zero-order valence-electron chi connectivity index (χ0n) is 10.1. The molecule has 1 saturated heterocycles. The van der Waals surface area contributed by atoms with Crippen molar-refractivity contribution in [2.45, 2.75) is 22.7 Å². The lowest BCUT2D eigenvalue weighted by molar-refractivity contribution is 0.0175. The number of aliphatic hydroxyl groups excluding tert-OH is 1. The third-order valence-corrected chi connectivity index (χ3v) is 5.24. The summed E-state index contributed by atoms with van der Waals surface area (Å²) in [6, 6.07) is 6.40. The van der Waals surface area contributed by atoms with E-state index in [-0.39, 0.29) is 17.3 Å². The number of sulfone groups is 1. The van der Waals surface area contributed by atoms with Gasteiger partial charge in [-0.3, -0.25) is 0 Å². The normalized spacial score (nSPS) is 24.8. The predicted octanol–water partition coefficient (Wildman–Crippen LogP) is 0.619. The molecule has 0 saturated carbocycles. The van der Waals surface area contributed by atoms with E-state index in [0.717, 1.165) is 0 Å². The summed E-state index contributed by atoms with van der Waals surface area (Å²) < 4.78 is 35.1. The SMILES string of the molecule is COc1ccccc1S(=O)(=O)C1COCCC1O. The summed E-state index contributed by atoms with van der Waals surface area (Å²) in [5.74, 6) is 0.287. The Kier molecular flexibility index (Phi) is 3.89. The van der Waals surface area contributed by atoms with Gasteiger partial charge < -0.3 is 14.6 Å². The molecule has 1 N–H and O–H groups in total. The Labute approximate surface area is 106 Å². The summed E-state index contributed by atoms with van der Waals surface area (Å²) in [5.41, 5.74) is 0. The molecule has 2 unspecified atom stereocenters. The molecule has 1 aromatic carbocycles. The summed E-state index contributed by atoms with van der Waals surface area (Å²) >= 11 is 0. The number of hydrogen-bond donors (Lipinski definition) is 1. The van der Waals surface area contributed by atoms with Crippen LogP contribution in [0.4, 0.5) is 0 Å². The van der Waals surface area contributed by atoms with Gasteiger partial charge in [0.25, 0.3) is 0 Å². The fraction of sp³-hybridized carbons (Fsp3) is 0.500. The van der Waals surface area contributed by atoms with Gasteiger partial charge in [0.2, 0.25) is 0 Å². The maximum atomic E-state index is 12.5. The van der Waals surface area contributed by atoms with E-state index < -0.39 is 21.2 Å². The molecule has 1 aliphatic rings. The smallest absolute Gasteiger partial charge is 0.189 e. The molecule has 0 bridgehead atoms. The van der Waals surface area contributed by atoms with Crippen LogP contribution in [0.1, 0.15) is 6.42 Å². The van der Waals surface area contributed by atoms with E-state index in [9.17, 15) is 13.5 Å². The van der Waals surface area contributed by atoms with Gasteiger partial charge in [-0.05, 0) is 18.6 Å². The Hall–Kier alpha value is -1.11. The second kappa shape index (κ2) is 5.26. The molecule has 1 fully saturated rings. The molecule has 1 aliphatic heterocycles. The lowest BCUT2D eigenvalue weighted by Crippen LogP contribution is -2.42. The fourth-order valence-electron chi connectivity index (χ4n) is 2.01. The van der Waals surface area contributed by atoms with Crippen LogP contribution in [0.2, 0.25) is 0 Å². The molecule has 100 valence electrons. The number of rotatable bonds is 3. The molecule has 2 atom stereocenters. The van der Waals surface area contributed by atoms with Crippen molar-refractivity contribution in [3.8, 4) is 5.75 Å². The van der Waals surface area contributed by atoms with Gasteiger partial charge in [-0.1, -0.05) is 12.1 Å². The molecule has 1 aromatic rings. The largest absolute Gasteiger partial charge is 0.495 e. The van der Waals surface area contributed by atoms with Gasteiger partial charge in [-0.15, -0.1) is 0 Å². The first kappa shape index (κ1) is 13.3. The molecule has 6 heteroatoms. The Morgan fingerprint density at radius 3 is 2.78 bits per heavy atom. The van der Waals surface area contributed by atoms with E-state index >= 15 is 0 Å². The highest BCUT2D eigenvalue weighted by Crippen LogP contribution is 2.29. The molecule has 1 heterocycles. The van der Waals surface area contributed by atoms with Crippen molar-refractivity contribution in [3.63, 3.8) is 0 Å². The summed E-state index contributed by atoms with van der Waals surface area (Å²) in [6.07, 6.45) is -0.562. The number of aliphatic hydroxyl groups is 1. The molecule has 0 amide bonds. The van der Waals surface area contributed by atoms with Gasteiger partial charge in [-0.25, -0.2) is 8.42 Å². The minimum atomic E-state index is -3.65. The second-order valence-corrected chi connectivity index (χ2v) is 6.30. The van der Waals surface area contributed by atoms with Crippen molar-refractivity contribution in [3.05, 3.63) is 24.3 Å². The van der Waals surface area contributed by atoms with Gasteiger partial charge in [0.05, 0.1) is 19.8 Å². The average Bonchev–Trinajstić information content (AvgIpc) is 2.39. The molecule has 0 aliphatic carbocycles. The van der Waals surface area contributed by atoms with Gasteiger partial charge in [0, 0.05) is 6.61 Å². The standard InChI is InChI=1S/C12H16O5S/c1-16-10-4-2-3-5-11(10)18(14,15)12-8-17-7-6-9(12)13/h2-5,9,12-13H,6-8H2,1H3. The van der Waals surface area contributed by atoms with Crippen molar-refractivity contribution in [2.24, 2.45) is 0 Å². The maximum absolute atomic E-state index is 12.5. The monoisotopic (exact) mass is 272 g/mol. The van der Waals surface area contributed by atoms with Crippen LogP contribution in [0.15, 0.2) is 29.2 Å². The summed E-state index contributed by atoms with van der Waals surface area (Å²) in [7, 11) is -2.24. The lowest BCUT2D eigenvalue weighted by Gasteiger charge is -2.27. The van der Waals surface area contributed by atoms with E-state index in [0.29, 0.717) is 13.0 Å². The maximum Gasteiger partial charge on any atom is 0.189 e. The van der Waals surface area contributed by atoms with Gasteiger partial charge in [0.15, 0.2) is 9.84 Å². The first-order valence-corrected chi connectivity index (χ1v) is 7.24. The van der Waals surface area contributed by atoms with Crippen molar-refractivity contribution in [1.82, 2.24) is 0 Å². The topological polar surface area (TPSA) is 72.8 Å². The molecule has 0 aromatic heterocycles. The number of para-hydroxylation sites is 1. The Morgan fingerprint density at radius 1 is 1.39 bits per heavy atom. The zero-order valence-corrected chi connectivity index (χ0v) is 10.9. The van der Waals surface area contributed by atoms with Crippen molar-refractivity contribution in [1.29, 1.82) is 0 Å². The highest BCUT2D eigenvalue weighted by atomic mass is 32.2. The van der Waals surface area contributed by atoms with Crippen molar-refractivity contribution < 1.29 is 23.0 Å². The summed E-state index contributed by atoms with van der Waals surface area (Å²) in [5, 5.41) is 8.90. The fourth-order valence-corrected chi connectivity index (χ4v) is 3.87. The summed E-state index contributed by atoms with van der Waals surface area (Å²) in [6.45, 7) is 0.403. The highest BCUT2D eigenvalue weighted by molar-refractivity contribution is 7.92. The third-order valence-electron chi connectivity index (χ3n) is 3.04. The Morgan fingerprint density at radius 2 is 2.11 bits per heavy atom. The van der Waals surface area contributed by atoms with Crippen LogP contribution in [-0.2, 0) is 14.6 Å². The first-order valence-electron chi connectivity index (χ1n) is 5.70. The molecule has 0 radical (unpaired) electrons. The first-order chi connectivity index (χ1) is 8.57. The van der Waals surface area contributed by atoms with Crippen molar-refractivity contribution >= 4 is 9.84 Å². The van der Waals surface area contributed by atoms with Crippen LogP contribution in [0.25, 0.3) is 0 Å². The molecule has 2 rings (SSSR count). The molecule has 0 spiro atoms. The van der Waals surface area contributed by atoms with Crippen LogP contribution in [0.3, 0.4) is 0 Å². The molecular weight excluding hydrogens is 256 g/mol. The van der Waals surface area contributed by atoms with Crippen LogP contribution >= 0.6 is 0 Å². The van der Waals surface area contributed by atoms with Crippen molar-refractivity contribution in [2.75, 3.05) is 20.3 Å². The van der Waals surface area contributed by atoms with E-state index in [1.54, 1.807) is 18.2 Å². The second-order valence-electron chi connectivity index (χ2n) is 4.17. The van der Waals surface area contributed by atoms with Crippen LogP contribution in [0.5, 0.6) is 5.75 Å². The van der Waals surface area contributed by atoms with Crippen LogP contribution in [0, 0.1) is 0 Å². The van der Waals surface area contributed by atoms with E-state index in [1.807, 2.05) is 0 Å². The minimum absolute atomic E-state index is 0.0154. The number of hydrogen-bond acceptors (Lipinski definition) is 5. The molecule has 18 heavy (non-hydrogen) atoms. The van der Waals surface area contributed by atoms with Crippen LogP contribution < -0.4 is 4.74 Å². The number of methoxy groups -OCH3 is 1. The number of benzene rings is 1. The quantitative estimate of drug-likeness (QED) is 0.873. The Bertz CT molecular complexity index is 511. The lowest BCUT2D eigenvalue weighted by atomic mass is 10.1. The average molecular weight is 272 g/mol. The predicted molar refractivity (Wildman–Crippen MR) is 65.4 cm³/mol. The van der Waals surface area contributed by atoms with Gasteiger partial charge >= 0.3 is 0 Å². The van der Waals surface area contributed by atoms with Gasteiger partial charge in [-0.2, -0.15) is 0 Å². The minimum Gasteiger partial charge on any atom is -0.495 e. The van der Waals surface area contributed by atoms with E-state index in [1.165, 1.54) is 13.2 Å². The zero-order chi connectivity index (χ0) is 13.2. The third kappa shape index (κ3) is 2.36. The van der Waals surface area contributed by atoms with E-state index in [4.69, 9.17) is 9.47 Å². The van der Waals surface area contributed by atoms with Crippen LogP contribution in [-0.4, -0.2) is 45.2 Å². The van der Waals surface area contributed by atoms with Gasteiger partial charge in [0.1, 0.15) is 15.9 Å². The number of ether oxygens (including phenoxy) is 2.